The van der Waals surface area contributed by atoms with Gasteiger partial charge in [-0.3, -0.25) is 14.2 Å². The first-order valence-electron chi connectivity index (χ1n) is 11.4. The number of nitrogens with one attached hydrogen (secondary N) is 1. The van der Waals surface area contributed by atoms with Crippen LogP contribution in [0.2, 0.25) is 18.1 Å². The van der Waals surface area contributed by atoms with Gasteiger partial charge in [0, 0.05) is 18.7 Å². The van der Waals surface area contributed by atoms with Crippen molar-refractivity contribution in [3.05, 3.63) is 58.6 Å². The molecule has 2 heterocycles. The van der Waals surface area contributed by atoms with E-state index < -0.39 is 50.2 Å². The Hall–Kier alpha value is -2.96. The van der Waals surface area contributed by atoms with Crippen LogP contribution in [0.5, 0.6) is 0 Å². The van der Waals surface area contributed by atoms with E-state index in [1.165, 1.54) is 6.07 Å². The highest BCUT2D eigenvalue weighted by Crippen LogP contribution is 2.45. The number of ether oxygens (including phenoxy) is 2. The van der Waals surface area contributed by atoms with Gasteiger partial charge in [0.15, 0.2) is 14.4 Å². The molecule has 1 amide bonds. The minimum atomic E-state index is -3.76. The molecular formula is C24H31F2N3O6Si. The molecule has 0 spiro atoms. The van der Waals surface area contributed by atoms with Gasteiger partial charge in [-0.15, -0.1) is 0 Å². The lowest BCUT2D eigenvalue weighted by Crippen LogP contribution is -2.47. The molecule has 1 N–H and O–H groups in total. The van der Waals surface area contributed by atoms with Gasteiger partial charge in [-0.25, -0.2) is 4.79 Å². The number of anilines is 1. The summed E-state index contributed by atoms with van der Waals surface area (Å²) in [6.45, 7) is 10.7. The minimum Gasteiger partial charge on any atom is -0.453 e. The zero-order valence-corrected chi connectivity index (χ0v) is 22.1. The molecule has 9 nitrogen and oxygen atoms in total. The van der Waals surface area contributed by atoms with Crippen molar-refractivity contribution in [2.45, 2.75) is 70.2 Å². The van der Waals surface area contributed by atoms with E-state index in [9.17, 15) is 14.4 Å². The lowest BCUT2D eigenvalue weighted by Gasteiger charge is -2.37. The van der Waals surface area contributed by atoms with Gasteiger partial charge in [-0.2, -0.15) is 13.8 Å². The van der Waals surface area contributed by atoms with Gasteiger partial charge in [0.25, 0.3) is 5.91 Å². The number of benzene rings is 1. The number of nitrogens with zero attached hydrogens (tertiary/aromatic N) is 2. The molecule has 1 aromatic carbocycles. The molecule has 1 aliphatic heterocycles. The molecule has 12 heteroatoms. The third kappa shape index (κ3) is 5.88. The van der Waals surface area contributed by atoms with Crippen LogP contribution in [0.25, 0.3) is 0 Å². The minimum absolute atomic E-state index is 0.110. The molecule has 1 aliphatic rings. The Balaban J connectivity index is 1.84. The largest absolute Gasteiger partial charge is 0.453 e. The van der Waals surface area contributed by atoms with Crippen molar-refractivity contribution in [1.82, 2.24) is 9.55 Å². The van der Waals surface area contributed by atoms with Crippen molar-refractivity contribution in [1.29, 1.82) is 0 Å². The van der Waals surface area contributed by atoms with E-state index in [-0.39, 0.29) is 17.5 Å². The van der Waals surface area contributed by atoms with E-state index in [0.717, 1.165) is 13.1 Å². The smallest absolute Gasteiger partial charge is 0.351 e. The summed E-state index contributed by atoms with van der Waals surface area (Å²) >= 11 is 0. The summed E-state index contributed by atoms with van der Waals surface area (Å²) in [5.41, 5.74) is -0.735. The molecule has 0 unspecified atom stereocenters. The van der Waals surface area contributed by atoms with Gasteiger partial charge >= 0.3 is 17.6 Å². The summed E-state index contributed by atoms with van der Waals surface area (Å²) in [7, 11) is -2.34. The van der Waals surface area contributed by atoms with Crippen molar-refractivity contribution in [3.8, 4) is 0 Å². The number of hydrogen-bond donors (Lipinski definition) is 1. The lowest BCUT2D eigenvalue weighted by atomic mass is 10.1. The maximum atomic E-state index is 15.4. The van der Waals surface area contributed by atoms with Crippen LogP contribution in [-0.2, 0) is 18.7 Å². The molecule has 0 bridgehead atoms. The first kappa shape index (κ1) is 27.6. The first-order valence-corrected chi connectivity index (χ1v) is 14.3. The number of carbonyl (C=O) groups excluding carboxylic acids is 2. The second-order valence-corrected chi connectivity index (χ2v) is 14.9. The molecular weight excluding hydrogens is 492 g/mol. The highest BCUT2D eigenvalue weighted by molar-refractivity contribution is 6.74. The zero-order chi connectivity index (χ0) is 26.9. The third-order valence-electron chi connectivity index (χ3n) is 6.42. The van der Waals surface area contributed by atoms with Crippen molar-refractivity contribution in [2.24, 2.45) is 0 Å². The van der Waals surface area contributed by atoms with Crippen LogP contribution in [0, 0.1) is 0 Å². The monoisotopic (exact) mass is 523 g/mol. The predicted octanol–water partition coefficient (Wildman–Crippen LogP) is 3.98. The number of amides is 1. The highest BCUT2D eigenvalue weighted by atomic mass is 28.4. The van der Waals surface area contributed by atoms with E-state index in [1.54, 1.807) is 30.3 Å². The third-order valence-corrected chi connectivity index (χ3v) is 10.9. The van der Waals surface area contributed by atoms with Gasteiger partial charge in [-0.1, -0.05) is 39.0 Å². The van der Waals surface area contributed by atoms with Crippen LogP contribution >= 0.6 is 0 Å². The topological polar surface area (TPSA) is 109 Å². The van der Waals surface area contributed by atoms with Crippen LogP contribution in [-0.4, -0.2) is 54.5 Å². The van der Waals surface area contributed by atoms with Crippen LogP contribution in [0.3, 0.4) is 0 Å². The van der Waals surface area contributed by atoms with Crippen LogP contribution in [0.15, 0.2) is 47.4 Å². The van der Waals surface area contributed by atoms with Crippen molar-refractivity contribution in [3.63, 3.8) is 0 Å². The number of rotatable bonds is 7. The fraction of sp³-hybridized carbons (Fsp3) is 0.500. The van der Waals surface area contributed by atoms with Crippen LogP contribution < -0.4 is 11.0 Å². The molecule has 1 aromatic heterocycles. The summed E-state index contributed by atoms with van der Waals surface area (Å²) in [5.74, 6) is -5.29. The normalized spacial score (nSPS) is 21.7. The van der Waals surface area contributed by atoms with Crippen molar-refractivity contribution >= 4 is 26.0 Å². The first-order chi connectivity index (χ1) is 16.6. The fourth-order valence-corrected chi connectivity index (χ4v) is 4.39. The number of aromatic nitrogens is 2. The second-order valence-electron chi connectivity index (χ2n) is 10.1. The van der Waals surface area contributed by atoms with Crippen molar-refractivity contribution < 1.29 is 32.3 Å². The summed E-state index contributed by atoms with van der Waals surface area (Å²) in [5, 5.41) is 2.27. The van der Waals surface area contributed by atoms with Crippen molar-refractivity contribution in [2.75, 3.05) is 11.9 Å². The molecule has 2 aromatic rings. The number of alkyl halides is 2. The summed E-state index contributed by atoms with van der Waals surface area (Å²) in [6, 6.07) is 9.44. The molecule has 1 fully saturated rings. The number of esters is 1. The molecule has 0 radical (unpaired) electrons. The Morgan fingerprint density at radius 3 is 2.39 bits per heavy atom. The number of hydrogen-bond acceptors (Lipinski definition) is 7. The molecule has 0 aliphatic carbocycles. The zero-order valence-electron chi connectivity index (χ0n) is 21.1. The molecule has 0 saturated carbocycles. The van der Waals surface area contributed by atoms with Gasteiger partial charge in [0.05, 0.1) is 6.61 Å². The van der Waals surface area contributed by atoms with Crippen LogP contribution in [0.1, 0.15) is 44.3 Å². The van der Waals surface area contributed by atoms with Gasteiger partial charge < -0.3 is 19.2 Å². The Morgan fingerprint density at radius 1 is 1.19 bits per heavy atom. The Bertz CT molecular complexity index is 1170. The van der Waals surface area contributed by atoms with E-state index >= 15 is 8.78 Å². The molecule has 1 saturated heterocycles. The maximum absolute atomic E-state index is 15.4. The summed E-state index contributed by atoms with van der Waals surface area (Å²) < 4.78 is 48.0. The molecule has 3 atom stereocenters. The molecule has 36 heavy (non-hydrogen) atoms. The Morgan fingerprint density at radius 2 is 1.83 bits per heavy atom. The van der Waals surface area contributed by atoms with E-state index in [4.69, 9.17) is 13.9 Å². The van der Waals surface area contributed by atoms with Gasteiger partial charge in [-0.05, 0) is 36.3 Å². The lowest BCUT2D eigenvalue weighted by molar-refractivity contribution is -0.174. The molecule has 196 valence electrons. The molecule has 3 rings (SSSR count). The second kappa shape index (κ2) is 10.2. The van der Waals surface area contributed by atoms with E-state index in [2.05, 4.69) is 10.3 Å². The fourth-order valence-electron chi connectivity index (χ4n) is 3.37. The predicted molar refractivity (Wildman–Crippen MR) is 130 cm³/mol. The summed E-state index contributed by atoms with van der Waals surface area (Å²) in [6.07, 6.45) is -4.31. The van der Waals surface area contributed by atoms with E-state index in [1.807, 2.05) is 33.9 Å². The Labute approximate surface area is 208 Å². The van der Waals surface area contributed by atoms with Gasteiger partial charge in [0.1, 0.15) is 11.9 Å². The number of carbonyl (C=O) groups is 2. The van der Waals surface area contributed by atoms with E-state index in [0.29, 0.717) is 10.1 Å². The Kier molecular flexibility index (Phi) is 7.82. The highest BCUT2D eigenvalue weighted by Gasteiger charge is 2.62. The SMILES string of the molecule is CC(=O)O[C@@H]1[C@@H](CO[Si](C)(C)C(C)(C)C)O[C@@H](n2ccc(NC(=O)c3ccccc3)nc2=O)C1(F)F. The quantitative estimate of drug-likeness (QED) is 0.432. The average molecular weight is 524 g/mol. The summed E-state index contributed by atoms with van der Waals surface area (Å²) in [4.78, 5) is 40.3. The average Bonchev–Trinajstić information content (AvgIpc) is 3.01. The van der Waals surface area contributed by atoms with Crippen LogP contribution in [0.4, 0.5) is 14.6 Å². The number of halogens is 2. The maximum Gasteiger partial charge on any atom is 0.351 e. The van der Waals surface area contributed by atoms with Gasteiger partial charge in [0.2, 0.25) is 6.23 Å². The standard InChI is InChI=1S/C24H31F2N3O6Si/c1-15(30)34-19-17(14-33-36(5,6)23(2,3)4)35-21(24(19,25)26)29-13-12-18(28-22(29)32)27-20(31)16-10-8-7-9-11-16/h7-13,17,19,21H,14H2,1-6H3,(H,27,28,31,32)/t17-,19-,21-/m1/s1.